The van der Waals surface area contributed by atoms with Gasteiger partial charge in [-0.2, -0.15) is 0 Å². The van der Waals surface area contributed by atoms with Crippen molar-refractivity contribution in [3.8, 4) is 0 Å². The van der Waals surface area contributed by atoms with E-state index in [1.807, 2.05) is 0 Å². The molecule has 184 valence electrons. The predicted octanol–water partition coefficient (Wildman–Crippen LogP) is 8.46. The first kappa shape index (κ1) is 26.3. The molecule has 1 aromatic heterocycles. The minimum Gasteiger partial charge on any atom is -0.237 e. The van der Waals surface area contributed by atoms with Crippen LogP contribution < -0.4 is 4.57 Å². The summed E-state index contributed by atoms with van der Waals surface area (Å²) in [6.45, 7) is 8.21. The van der Waals surface area contributed by atoms with E-state index in [-0.39, 0.29) is 5.41 Å². The fourth-order valence-electron chi connectivity index (χ4n) is 5.48. The van der Waals surface area contributed by atoms with Crippen LogP contribution in [0.3, 0.4) is 0 Å². The van der Waals surface area contributed by atoms with Gasteiger partial charge in [0.2, 0.25) is 6.33 Å². The molecule has 0 aliphatic rings. The van der Waals surface area contributed by atoms with Crippen molar-refractivity contribution in [1.82, 2.24) is 4.57 Å². The number of unbranched alkanes of at least 4 members (excludes halogenated alkanes) is 7. The normalized spacial score (nSPS) is 14.1. The van der Waals surface area contributed by atoms with Crippen molar-refractivity contribution in [3.05, 3.63) is 90.5 Å². The quantitative estimate of drug-likeness (QED) is 0.150. The first-order valence-corrected chi connectivity index (χ1v) is 13.8. The number of benzene rings is 2. The average molecular weight is 460 g/mol. The van der Waals surface area contributed by atoms with E-state index >= 15 is 0 Å². The van der Waals surface area contributed by atoms with Gasteiger partial charge >= 0.3 is 0 Å². The Hall–Kier alpha value is -2.35. The van der Waals surface area contributed by atoms with E-state index in [9.17, 15) is 0 Å². The van der Waals surface area contributed by atoms with E-state index in [1.165, 1.54) is 75.3 Å². The minimum absolute atomic E-state index is 0.0218. The van der Waals surface area contributed by atoms with Gasteiger partial charge in [0.05, 0.1) is 6.54 Å². The van der Waals surface area contributed by atoms with Crippen molar-refractivity contribution in [2.75, 3.05) is 0 Å². The molecule has 2 heteroatoms. The Balaban J connectivity index is 1.71. The lowest BCUT2D eigenvalue weighted by Gasteiger charge is -2.36. The van der Waals surface area contributed by atoms with Gasteiger partial charge in [0.25, 0.3) is 0 Å². The van der Waals surface area contributed by atoms with Crippen LogP contribution in [0.4, 0.5) is 0 Å². The molecule has 2 aromatic carbocycles. The molecule has 0 saturated heterocycles. The van der Waals surface area contributed by atoms with Crippen molar-refractivity contribution in [1.29, 1.82) is 0 Å². The minimum atomic E-state index is 0.0218. The molecule has 34 heavy (non-hydrogen) atoms. The molecule has 0 amide bonds. The highest BCUT2D eigenvalue weighted by Gasteiger charge is 2.39. The summed E-state index contributed by atoms with van der Waals surface area (Å²) < 4.78 is 4.91. The second kappa shape index (κ2) is 14.1. The highest BCUT2D eigenvalue weighted by Crippen LogP contribution is 2.41. The molecule has 2 nitrogen and oxygen atoms in total. The lowest BCUT2D eigenvalue weighted by atomic mass is 9.70. The van der Waals surface area contributed by atoms with Gasteiger partial charge in [0, 0.05) is 5.41 Å². The molecular formula is C32H47N2+. The van der Waals surface area contributed by atoms with Crippen molar-refractivity contribution >= 4 is 0 Å². The number of nitrogens with zero attached hydrogens (tertiary/aromatic N) is 2. The average Bonchev–Trinajstić information content (AvgIpc) is 3.33. The summed E-state index contributed by atoms with van der Waals surface area (Å²) in [7, 11) is 0. The molecule has 0 bridgehead atoms. The number of hydrogen-bond donors (Lipinski definition) is 0. The number of aryl methyl sites for hydroxylation is 1. The first-order valence-electron chi connectivity index (χ1n) is 13.8. The Labute approximate surface area is 209 Å². The van der Waals surface area contributed by atoms with Crippen LogP contribution in [0.5, 0.6) is 0 Å². The summed E-state index contributed by atoms with van der Waals surface area (Å²) >= 11 is 0. The maximum absolute atomic E-state index is 2.50. The molecular weight excluding hydrogens is 412 g/mol. The second-order valence-corrected chi connectivity index (χ2v) is 10.3. The third kappa shape index (κ3) is 7.58. The maximum atomic E-state index is 2.50. The maximum Gasteiger partial charge on any atom is 0.244 e. The third-order valence-electron chi connectivity index (χ3n) is 7.49. The van der Waals surface area contributed by atoms with Gasteiger partial charge in [-0.05, 0) is 36.8 Å². The van der Waals surface area contributed by atoms with Gasteiger partial charge in [-0.25, -0.2) is 9.13 Å². The van der Waals surface area contributed by atoms with Crippen LogP contribution in [-0.4, -0.2) is 4.57 Å². The first-order chi connectivity index (χ1) is 16.7. The van der Waals surface area contributed by atoms with Crippen molar-refractivity contribution < 1.29 is 4.57 Å². The summed E-state index contributed by atoms with van der Waals surface area (Å²) in [5.74, 6) is 0. The summed E-state index contributed by atoms with van der Waals surface area (Å²) in [5.41, 5.74) is 2.86. The smallest absolute Gasteiger partial charge is 0.237 e. The van der Waals surface area contributed by atoms with Gasteiger partial charge in [-0.15, -0.1) is 0 Å². The largest absolute Gasteiger partial charge is 0.244 e. The van der Waals surface area contributed by atoms with Crippen LogP contribution in [0.15, 0.2) is 79.4 Å². The van der Waals surface area contributed by atoms with E-state index < -0.39 is 0 Å². The van der Waals surface area contributed by atoms with Gasteiger partial charge < -0.3 is 0 Å². The molecule has 0 N–H and O–H groups in total. The molecule has 0 radical (unpaired) electrons. The lowest BCUT2D eigenvalue weighted by Crippen LogP contribution is -2.37. The number of aromatic nitrogens is 2. The van der Waals surface area contributed by atoms with E-state index in [1.54, 1.807) is 0 Å². The van der Waals surface area contributed by atoms with Gasteiger partial charge in [-0.1, -0.05) is 126 Å². The number of hydrogen-bond acceptors (Lipinski definition) is 0. The molecule has 0 aliphatic carbocycles. The van der Waals surface area contributed by atoms with E-state index in [0.29, 0.717) is 6.04 Å². The van der Waals surface area contributed by atoms with Gasteiger partial charge in [0.1, 0.15) is 18.4 Å². The molecule has 3 aromatic rings. The zero-order valence-corrected chi connectivity index (χ0v) is 22.0. The van der Waals surface area contributed by atoms with E-state index in [0.717, 1.165) is 13.0 Å². The fourth-order valence-corrected chi connectivity index (χ4v) is 5.48. The molecule has 0 saturated carbocycles. The molecule has 1 heterocycles. The predicted molar refractivity (Wildman–Crippen MR) is 145 cm³/mol. The molecule has 0 fully saturated rings. The second-order valence-electron chi connectivity index (χ2n) is 10.3. The van der Waals surface area contributed by atoms with Crippen LogP contribution in [-0.2, 0) is 18.4 Å². The number of rotatable bonds is 16. The summed E-state index contributed by atoms with van der Waals surface area (Å²) in [6, 6.07) is 22.6. The SMILES string of the molecule is CCCCCCCCCC[n+]1ccn(C(CCC)C(C)(Cc2ccccc2)c2ccccc2)c1. The topological polar surface area (TPSA) is 8.81 Å². The van der Waals surface area contributed by atoms with Crippen molar-refractivity contribution in [2.24, 2.45) is 0 Å². The summed E-state index contributed by atoms with van der Waals surface area (Å²) in [6.07, 6.45) is 21.3. The fraction of sp³-hybridized carbons (Fsp3) is 0.531. The van der Waals surface area contributed by atoms with Crippen molar-refractivity contribution in [3.63, 3.8) is 0 Å². The molecule has 2 unspecified atom stereocenters. The lowest BCUT2D eigenvalue weighted by molar-refractivity contribution is -0.697. The van der Waals surface area contributed by atoms with E-state index in [4.69, 9.17) is 0 Å². The molecule has 0 spiro atoms. The van der Waals surface area contributed by atoms with Crippen LogP contribution in [0.25, 0.3) is 0 Å². The Morgan fingerprint density at radius 1 is 0.765 bits per heavy atom. The highest BCUT2D eigenvalue weighted by molar-refractivity contribution is 5.30. The Kier molecular flexibility index (Phi) is 10.9. The molecule has 3 rings (SSSR count). The van der Waals surface area contributed by atoms with Crippen LogP contribution in [0.1, 0.15) is 102 Å². The Morgan fingerprint density at radius 3 is 2.03 bits per heavy atom. The summed E-state index contributed by atoms with van der Waals surface area (Å²) in [4.78, 5) is 0. The monoisotopic (exact) mass is 459 g/mol. The zero-order valence-electron chi connectivity index (χ0n) is 22.0. The van der Waals surface area contributed by atoms with Crippen LogP contribution in [0, 0.1) is 0 Å². The Morgan fingerprint density at radius 2 is 1.38 bits per heavy atom. The van der Waals surface area contributed by atoms with Crippen LogP contribution >= 0.6 is 0 Å². The highest BCUT2D eigenvalue weighted by atomic mass is 15.1. The molecule has 2 atom stereocenters. The van der Waals surface area contributed by atoms with Gasteiger partial charge in [-0.3, -0.25) is 0 Å². The van der Waals surface area contributed by atoms with Crippen molar-refractivity contribution in [2.45, 2.75) is 109 Å². The van der Waals surface area contributed by atoms with Crippen LogP contribution in [0.2, 0.25) is 0 Å². The third-order valence-corrected chi connectivity index (χ3v) is 7.49. The number of imidazole rings is 1. The van der Waals surface area contributed by atoms with Gasteiger partial charge in [0.15, 0.2) is 0 Å². The zero-order chi connectivity index (χ0) is 24.1. The molecule has 0 aliphatic heterocycles. The van der Waals surface area contributed by atoms with E-state index in [2.05, 4.69) is 109 Å². The summed E-state index contributed by atoms with van der Waals surface area (Å²) in [5, 5.41) is 0. The Bertz CT molecular complexity index is 914. The standard InChI is InChI=1S/C32H47N2/c1-4-6-7-8-9-10-11-18-24-33-25-26-34(28-33)31(19-5-2)32(3,30-22-16-13-17-23-30)27-29-20-14-12-15-21-29/h12-17,20-23,25-26,28,31H,4-11,18-19,24,27H2,1-3H3/q+1.